The number of aryl methyl sites for hydroxylation is 1. The quantitative estimate of drug-likeness (QED) is 0.857. The molecule has 0 spiro atoms. The number of aromatic nitrogens is 2. The molecule has 0 aliphatic carbocycles. The maximum Gasteiger partial charge on any atom is 0.125 e. The van der Waals surface area contributed by atoms with Crippen LogP contribution in [0.5, 0.6) is 0 Å². The van der Waals surface area contributed by atoms with Crippen molar-refractivity contribution >= 4 is 0 Å². The number of nitrogens with zero attached hydrogens (tertiary/aromatic N) is 2. The Morgan fingerprint density at radius 1 is 1.50 bits per heavy atom. The molecular formula is C12H17N3O. The van der Waals surface area contributed by atoms with E-state index in [0.717, 1.165) is 23.4 Å². The monoisotopic (exact) mass is 219 g/mol. The lowest BCUT2D eigenvalue weighted by Crippen LogP contribution is -2.21. The van der Waals surface area contributed by atoms with Gasteiger partial charge in [-0.2, -0.15) is 5.10 Å². The molecule has 4 heteroatoms. The van der Waals surface area contributed by atoms with E-state index in [0.29, 0.717) is 6.04 Å². The lowest BCUT2D eigenvalue weighted by atomic mass is 10.1. The van der Waals surface area contributed by atoms with Crippen molar-refractivity contribution in [3.8, 4) is 11.1 Å². The smallest absolute Gasteiger partial charge is 0.125 e. The Labute approximate surface area is 95.3 Å². The fraction of sp³-hybridized carbons (Fsp3) is 0.417. The van der Waals surface area contributed by atoms with Crippen LogP contribution in [0.25, 0.3) is 11.1 Å². The van der Waals surface area contributed by atoms with Gasteiger partial charge >= 0.3 is 0 Å². The summed E-state index contributed by atoms with van der Waals surface area (Å²) in [6.45, 7) is 4.98. The van der Waals surface area contributed by atoms with Gasteiger partial charge in [0.15, 0.2) is 0 Å². The predicted molar refractivity (Wildman–Crippen MR) is 62.9 cm³/mol. The number of nitrogens with one attached hydrogen (secondary N) is 1. The molecule has 2 rings (SSSR count). The molecule has 0 saturated carbocycles. The van der Waals surface area contributed by atoms with Gasteiger partial charge in [-0.1, -0.05) is 13.8 Å². The highest BCUT2D eigenvalue weighted by Crippen LogP contribution is 2.24. The molecule has 0 aromatic carbocycles. The van der Waals surface area contributed by atoms with Crippen molar-refractivity contribution in [1.82, 2.24) is 15.1 Å². The minimum Gasteiger partial charge on any atom is -0.467 e. The number of hydrogen-bond acceptors (Lipinski definition) is 3. The van der Waals surface area contributed by atoms with E-state index >= 15 is 0 Å². The van der Waals surface area contributed by atoms with Crippen LogP contribution in [0.15, 0.2) is 29.1 Å². The minimum absolute atomic E-state index is 0.451. The first-order valence-corrected chi connectivity index (χ1v) is 5.45. The van der Waals surface area contributed by atoms with E-state index in [2.05, 4.69) is 24.3 Å². The molecule has 0 radical (unpaired) electrons. The van der Waals surface area contributed by atoms with Crippen molar-refractivity contribution in [1.29, 1.82) is 0 Å². The third-order valence-electron chi connectivity index (χ3n) is 2.43. The number of furan rings is 1. The van der Waals surface area contributed by atoms with Crippen LogP contribution in [0.4, 0.5) is 0 Å². The van der Waals surface area contributed by atoms with Crippen LogP contribution < -0.4 is 5.32 Å². The lowest BCUT2D eigenvalue weighted by molar-refractivity contribution is 0.466. The molecule has 1 N–H and O–H groups in total. The van der Waals surface area contributed by atoms with Crippen LogP contribution in [0.3, 0.4) is 0 Å². The Hall–Kier alpha value is -1.55. The summed E-state index contributed by atoms with van der Waals surface area (Å²) in [5.41, 5.74) is 2.21. The largest absolute Gasteiger partial charge is 0.467 e. The fourth-order valence-electron chi connectivity index (χ4n) is 1.59. The van der Waals surface area contributed by atoms with Gasteiger partial charge in [0.25, 0.3) is 0 Å². The summed E-state index contributed by atoms with van der Waals surface area (Å²) < 4.78 is 7.27. The van der Waals surface area contributed by atoms with Crippen molar-refractivity contribution in [2.45, 2.75) is 26.4 Å². The zero-order valence-electron chi connectivity index (χ0n) is 9.90. The molecule has 0 bridgehead atoms. The van der Waals surface area contributed by atoms with Gasteiger partial charge in [0.1, 0.15) is 5.76 Å². The molecular weight excluding hydrogens is 202 g/mol. The maximum atomic E-state index is 5.48. The number of hydrogen-bond donors (Lipinski definition) is 1. The van der Waals surface area contributed by atoms with Crippen LogP contribution in [-0.2, 0) is 13.6 Å². The van der Waals surface area contributed by atoms with E-state index in [4.69, 9.17) is 4.42 Å². The van der Waals surface area contributed by atoms with Gasteiger partial charge in [0.05, 0.1) is 19.0 Å². The van der Waals surface area contributed by atoms with Gasteiger partial charge in [-0.15, -0.1) is 0 Å². The van der Waals surface area contributed by atoms with E-state index in [9.17, 15) is 0 Å². The van der Waals surface area contributed by atoms with E-state index in [-0.39, 0.29) is 0 Å². The first kappa shape index (κ1) is 11.0. The van der Waals surface area contributed by atoms with Crippen LogP contribution in [0, 0.1) is 0 Å². The van der Waals surface area contributed by atoms with Gasteiger partial charge in [-0.05, 0) is 6.07 Å². The first-order chi connectivity index (χ1) is 7.66. The molecule has 0 atom stereocenters. The topological polar surface area (TPSA) is 43.0 Å². The first-order valence-electron chi connectivity index (χ1n) is 5.45. The van der Waals surface area contributed by atoms with Crippen LogP contribution in [0.1, 0.15) is 19.6 Å². The Bertz CT molecular complexity index is 456. The van der Waals surface area contributed by atoms with Gasteiger partial charge in [-0.25, -0.2) is 0 Å². The SMILES string of the molecule is CC(C)NCc1occc1-c1cnn(C)c1. The Kier molecular flexibility index (Phi) is 3.10. The molecule has 0 aliphatic rings. The molecule has 2 heterocycles. The third-order valence-corrected chi connectivity index (χ3v) is 2.43. The van der Waals surface area contributed by atoms with E-state index in [1.165, 1.54) is 0 Å². The van der Waals surface area contributed by atoms with E-state index in [1.807, 2.05) is 25.5 Å². The summed E-state index contributed by atoms with van der Waals surface area (Å²) in [7, 11) is 1.91. The molecule has 0 aliphatic heterocycles. The predicted octanol–water partition coefficient (Wildman–Crippen LogP) is 2.18. The summed E-state index contributed by atoms with van der Waals surface area (Å²) in [6.07, 6.45) is 5.56. The molecule has 2 aromatic rings. The average molecular weight is 219 g/mol. The van der Waals surface area contributed by atoms with Crippen molar-refractivity contribution in [3.05, 3.63) is 30.5 Å². The van der Waals surface area contributed by atoms with Crippen LogP contribution in [0.2, 0.25) is 0 Å². The summed E-state index contributed by atoms with van der Waals surface area (Å²) in [4.78, 5) is 0. The van der Waals surface area contributed by atoms with Gasteiger partial charge in [0.2, 0.25) is 0 Å². The van der Waals surface area contributed by atoms with Crippen molar-refractivity contribution < 1.29 is 4.42 Å². The maximum absolute atomic E-state index is 5.48. The molecule has 0 saturated heterocycles. The highest BCUT2D eigenvalue weighted by Gasteiger charge is 2.10. The van der Waals surface area contributed by atoms with Gasteiger partial charge in [-0.3, -0.25) is 4.68 Å². The molecule has 0 amide bonds. The normalized spacial score (nSPS) is 11.2. The standard InChI is InChI=1S/C12H17N3O/c1-9(2)13-7-12-11(4-5-16-12)10-6-14-15(3)8-10/h4-6,8-9,13H,7H2,1-3H3. The fourth-order valence-corrected chi connectivity index (χ4v) is 1.59. The summed E-state index contributed by atoms with van der Waals surface area (Å²) in [5, 5.41) is 7.51. The zero-order chi connectivity index (χ0) is 11.5. The van der Waals surface area contributed by atoms with Crippen molar-refractivity contribution in [2.24, 2.45) is 7.05 Å². The van der Waals surface area contributed by atoms with Crippen molar-refractivity contribution in [3.63, 3.8) is 0 Å². The lowest BCUT2D eigenvalue weighted by Gasteiger charge is -2.06. The number of rotatable bonds is 4. The molecule has 86 valence electrons. The molecule has 4 nitrogen and oxygen atoms in total. The second-order valence-electron chi connectivity index (χ2n) is 4.20. The molecule has 0 fully saturated rings. The minimum atomic E-state index is 0.451. The highest BCUT2D eigenvalue weighted by atomic mass is 16.3. The second-order valence-corrected chi connectivity index (χ2v) is 4.20. The third kappa shape index (κ3) is 2.33. The molecule has 16 heavy (non-hydrogen) atoms. The van der Waals surface area contributed by atoms with Crippen LogP contribution in [-0.4, -0.2) is 15.8 Å². The highest BCUT2D eigenvalue weighted by molar-refractivity contribution is 5.63. The molecule has 0 unspecified atom stereocenters. The molecule has 2 aromatic heterocycles. The second kappa shape index (κ2) is 4.53. The Balaban J connectivity index is 2.19. The van der Waals surface area contributed by atoms with Gasteiger partial charge in [0, 0.05) is 30.4 Å². The van der Waals surface area contributed by atoms with Crippen LogP contribution >= 0.6 is 0 Å². The average Bonchev–Trinajstić information content (AvgIpc) is 2.82. The Morgan fingerprint density at radius 3 is 2.94 bits per heavy atom. The Morgan fingerprint density at radius 2 is 2.31 bits per heavy atom. The van der Waals surface area contributed by atoms with Gasteiger partial charge < -0.3 is 9.73 Å². The van der Waals surface area contributed by atoms with Crippen molar-refractivity contribution in [2.75, 3.05) is 0 Å². The van der Waals surface area contributed by atoms with E-state index in [1.54, 1.807) is 10.9 Å². The summed E-state index contributed by atoms with van der Waals surface area (Å²) >= 11 is 0. The van der Waals surface area contributed by atoms with E-state index < -0.39 is 0 Å². The zero-order valence-corrected chi connectivity index (χ0v) is 9.90. The summed E-state index contributed by atoms with van der Waals surface area (Å²) in [6, 6.07) is 2.43. The summed E-state index contributed by atoms with van der Waals surface area (Å²) in [5.74, 6) is 0.960.